The summed E-state index contributed by atoms with van der Waals surface area (Å²) in [7, 11) is 0. The zero-order chi connectivity index (χ0) is 13.9. The number of nitrogens with one attached hydrogen (secondary N) is 1. The molecule has 0 aromatic carbocycles. The Balaban J connectivity index is 1.84. The SMILES string of the molecule is CCc1cc(NC2CCCC(CC)C2)n2ncnc2n1. The molecule has 3 rings (SSSR count). The molecule has 2 heterocycles. The predicted octanol–water partition coefficient (Wildman–Crippen LogP) is 3.07. The Hall–Kier alpha value is -1.65. The number of nitrogens with zero attached hydrogens (tertiary/aromatic N) is 4. The van der Waals surface area contributed by atoms with Gasteiger partial charge in [0, 0.05) is 17.8 Å². The van der Waals surface area contributed by atoms with Crippen molar-refractivity contribution in [2.75, 3.05) is 5.32 Å². The quantitative estimate of drug-likeness (QED) is 0.930. The second-order valence-corrected chi connectivity index (χ2v) is 5.74. The molecule has 2 unspecified atom stereocenters. The average Bonchev–Trinajstić information content (AvgIpc) is 2.96. The smallest absolute Gasteiger partial charge is 0.254 e. The van der Waals surface area contributed by atoms with Gasteiger partial charge in [-0.25, -0.2) is 4.98 Å². The standard InChI is InChI=1S/C15H23N5/c1-3-11-6-5-7-13(8-11)18-14-9-12(4-2)19-15-16-10-17-20(14)15/h9-11,13,18H,3-8H2,1-2H3. The van der Waals surface area contributed by atoms with Gasteiger partial charge in [0.2, 0.25) is 0 Å². The van der Waals surface area contributed by atoms with Crippen LogP contribution in [0.2, 0.25) is 0 Å². The van der Waals surface area contributed by atoms with Crippen molar-refractivity contribution in [2.45, 2.75) is 58.4 Å². The van der Waals surface area contributed by atoms with Crippen molar-refractivity contribution in [1.82, 2.24) is 19.6 Å². The number of aryl methyl sites for hydroxylation is 1. The molecule has 5 heteroatoms. The molecule has 0 radical (unpaired) electrons. The molecule has 0 bridgehead atoms. The van der Waals surface area contributed by atoms with Crippen LogP contribution in [-0.2, 0) is 6.42 Å². The summed E-state index contributed by atoms with van der Waals surface area (Å²) in [5.41, 5.74) is 1.07. The number of aromatic nitrogens is 4. The maximum Gasteiger partial charge on any atom is 0.254 e. The third-order valence-electron chi connectivity index (χ3n) is 4.38. The van der Waals surface area contributed by atoms with E-state index in [0.717, 1.165) is 23.9 Å². The van der Waals surface area contributed by atoms with Gasteiger partial charge in [-0.05, 0) is 25.2 Å². The number of hydrogen-bond donors (Lipinski definition) is 1. The molecular weight excluding hydrogens is 250 g/mol. The largest absolute Gasteiger partial charge is 0.367 e. The van der Waals surface area contributed by atoms with Crippen molar-refractivity contribution in [3.63, 3.8) is 0 Å². The summed E-state index contributed by atoms with van der Waals surface area (Å²) in [6.07, 6.45) is 8.98. The van der Waals surface area contributed by atoms with Gasteiger partial charge in [-0.15, -0.1) is 0 Å². The minimum absolute atomic E-state index is 0.549. The highest BCUT2D eigenvalue weighted by atomic mass is 15.4. The predicted molar refractivity (Wildman–Crippen MR) is 79.8 cm³/mol. The molecule has 5 nitrogen and oxygen atoms in total. The molecule has 0 spiro atoms. The summed E-state index contributed by atoms with van der Waals surface area (Å²) in [5.74, 6) is 2.58. The maximum atomic E-state index is 4.49. The molecule has 1 aliphatic rings. The van der Waals surface area contributed by atoms with E-state index < -0.39 is 0 Å². The highest BCUT2D eigenvalue weighted by molar-refractivity contribution is 5.45. The Bertz CT molecular complexity index is 577. The van der Waals surface area contributed by atoms with Gasteiger partial charge in [0.05, 0.1) is 0 Å². The monoisotopic (exact) mass is 273 g/mol. The van der Waals surface area contributed by atoms with E-state index in [9.17, 15) is 0 Å². The lowest BCUT2D eigenvalue weighted by atomic mass is 9.84. The van der Waals surface area contributed by atoms with Gasteiger partial charge < -0.3 is 5.32 Å². The minimum Gasteiger partial charge on any atom is -0.367 e. The highest BCUT2D eigenvalue weighted by Crippen LogP contribution is 2.28. The molecule has 1 N–H and O–H groups in total. The first kappa shape index (κ1) is 13.3. The molecule has 1 saturated carbocycles. The Morgan fingerprint density at radius 3 is 3.05 bits per heavy atom. The first-order valence-electron chi connectivity index (χ1n) is 7.76. The van der Waals surface area contributed by atoms with Gasteiger partial charge in [0.1, 0.15) is 12.1 Å². The van der Waals surface area contributed by atoms with Crippen LogP contribution in [0.15, 0.2) is 12.4 Å². The topological polar surface area (TPSA) is 55.1 Å². The Kier molecular flexibility index (Phi) is 3.85. The summed E-state index contributed by atoms with van der Waals surface area (Å²) < 4.78 is 1.81. The third kappa shape index (κ3) is 2.62. The Labute approximate surface area is 119 Å². The third-order valence-corrected chi connectivity index (χ3v) is 4.38. The van der Waals surface area contributed by atoms with Gasteiger partial charge in [-0.3, -0.25) is 0 Å². The highest BCUT2D eigenvalue weighted by Gasteiger charge is 2.21. The van der Waals surface area contributed by atoms with E-state index in [1.165, 1.54) is 32.1 Å². The van der Waals surface area contributed by atoms with Crippen molar-refractivity contribution in [3.8, 4) is 0 Å². The molecule has 20 heavy (non-hydrogen) atoms. The normalized spacial score (nSPS) is 23.1. The summed E-state index contributed by atoms with van der Waals surface area (Å²) in [6, 6.07) is 2.66. The van der Waals surface area contributed by atoms with Gasteiger partial charge >= 0.3 is 0 Å². The molecule has 2 atom stereocenters. The van der Waals surface area contributed by atoms with Crippen LogP contribution >= 0.6 is 0 Å². The summed E-state index contributed by atoms with van der Waals surface area (Å²) in [6.45, 7) is 4.41. The zero-order valence-electron chi connectivity index (χ0n) is 12.3. The van der Waals surface area contributed by atoms with Crippen molar-refractivity contribution in [2.24, 2.45) is 5.92 Å². The van der Waals surface area contributed by atoms with E-state index in [-0.39, 0.29) is 0 Å². The van der Waals surface area contributed by atoms with Gasteiger partial charge in [0.15, 0.2) is 0 Å². The van der Waals surface area contributed by atoms with E-state index in [1.807, 2.05) is 4.52 Å². The second-order valence-electron chi connectivity index (χ2n) is 5.74. The lowest BCUT2D eigenvalue weighted by molar-refractivity contribution is 0.326. The van der Waals surface area contributed by atoms with Crippen molar-refractivity contribution >= 4 is 11.6 Å². The van der Waals surface area contributed by atoms with Crippen LogP contribution in [0.25, 0.3) is 5.78 Å². The fourth-order valence-corrected chi connectivity index (χ4v) is 3.15. The van der Waals surface area contributed by atoms with Gasteiger partial charge in [0.25, 0.3) is 5.78 Å². The van der Waals surface area contributed by atoms with Crippen LogP contribution in [0.3, 0.4) is 0 Å². The van der Waals surface area contributed by atoms with Crippen molar-refractivity contribution < 1.29 is 0 Å². The number of hydrogen-bond acceptors (Lipinski definition) is 4. The van der Waals surface area contributed by atoms with Crippen LogP contribution < -0.4 is 5.32 Å². The summed E-state index contributed by atoms with van der Waals surface area (Å²) in [5, 5.41) is 7.95. The lowest BCUT2D eigenvalue weighted by Gasteiger charge is -2.29. The Morgan fingerprint density at radius 2 is 2.25 bits per heavy atom. The molecule has 0 saturated heterocycles. The number of rotatable bonds is 4. The molecule has 1 fully saturated rings. The number of anilines is 1. The van der Waals surface area contributed by atoms with Crippen LogP contribution in [0.4, 0.5) is 5.82 Å². The van der Waals surface area contributed by atoms with E-state index >= 15 is 0 Å². The van der Waals surface area contributed by atoms with Crippen LogP contribution in [0, 0.1) is 5.92 Å². The molecule has 0 aliphatic heterocycles. The summed E-state index contributed by atoms with van der Waals surface area (Å²) in [4.78, 5) is 8.70. The van der Waals surface area contributed by atoms with E-state index in [0.29, 0.717) is 11.8 Å². The minimum atomic E-state index is 0.549. The van der Waals surface area contributed by atoms with Crippen LogP contribution in [0.1, 0.15) is 51.6 Å². The molecular formula is C15H23N5. The first-order chi connectivity index (χ1) is 9.80. The zero-order valence-corrected chi connectivity index (χ0v) is 12.3. The van der Waals surface area contributed by atoms with Gasteiger partial charge in [-0.2, -0.15) is 14.6 Å². The second kappa shape index (κ2) is 5.77. The number of fused-ring (bicyclic) bond motifs is 1. The van der Waals surface area contributed by atoms with Gasteiger partial charge in [-0.1, -0.05) is 33.1 Å². The van der Waals surface area contributed by atoms with E-state index in [2.05, 4.69) is 40.3 Å². The van der Waals surface area contributed by atoms with Crippen LogP contribution in [0.5, 0.6) is 0 Å². The van der Waals surface area contributed by atoms with Crippen LogP contribution in [-0.4, -0.2) is 25.6 Å². The molecule has 2 aromatic rings. The average molecular weight is 273 g/mol. The van der Waals surface area contributed by atoms with Crippen molar-refractivity contribution in [1.29, 1.82) is 0 Å². The van der Waals surface area contributed by atoms with Crippen molar-refractivity contribution in [3.05, 3.63) is 18.1 Å². The van der Waals surface area contributed by atoms with E-state index in [1.54, 1.807) is 6.33 Å². The Morgan fingerprint density at radius 1 is 1.35 bits per heavy atom. The van der Waals surface area contributed by atoms with E-state index in [4.69, 9.17) is 0 Å². The first-order valence-corrected chi connectivity index (χ1v) is 7.76. The molecule has 108 valence electrons. The molecule has 1 aliphatic carbocycles. The lowest BCUT2D eigenvalue weighted by Crippen LogP contribution is -2.28. The maximum absolute atomic E-state index is 4.49. The molecule has 2 aromatic heterocycles. The summed E-state index contributed by atoms with van der Waals surface area (Å²) >= 11 is 0. The fraction of sp³-hybridized carbons (Fsp3) is 0.667. The fourth-order valence-electron chi connectivity index (χ4n) is 3.15. The molecule has 0 amide bonds.